The van der Waals surface area contributed by atoms with E-state index in [0.29, 0.717) is 18.3 Å². The van der Waals surface area contributed by atoms with Gasteiger partial charge in [-0.1, -0.05) is 26.0 Å². The molecule has 0 amide bonds. The van der Waals surface area contributed by atoms with Gasteiger partial charge >= 0.3 is 7.12 Å². The number of rotatable bonds is 6. The molecule has 1 aromatic rings. The first-order chi connectivity index (χ1) is 10.0. The third kappa shape index (κ3) is 11.5. The van der Waals surface area contributed by atoms with Gasteiger partial charge < -0.3 is 20.5 Å². The van der Waals surface area contributed by atoms with Crippen molar-refractivity contribution in [2.24, 2.45) is 0 Å². The van der Waals surface area contributed by atoms with E-state index in [-0.39, 0.29) is 0 Å². The molecule has 0 radical (unpaired) electrons. The normalized spacial score (nSPS) is 12.4. The SMILES string of the molecule is CB(O)O.CC(C)NCC(O)c1ccc(NS(C)(=O)=O)cc1. The molecular weight excluding hydrogens is 307 g/mol. The number of hydrogen-bond donors (Lipinski definition) is 5. The van der Waals surface area contributed by atoms with Crippen LogP contribution in [-0.2, 0) is 10.0 Å². The Balaban J connectivity index is 0.000000980. The van der Waals surface area contributed by atoms with Crippen LogP contribution in [0.4, 0.5) is 5.69 Å². The first-order valence-corrected chi connectivity index (χ1v) is 8.75. The number of anilines is 1. The van der Waals surface area contributed by atoms with Gasteiger partial charge in [-0.2, -0.15) is 0 Å². The summed E-state index contributed by atoms with van der Waals surface area (Å²) in [5.74, 6) is 0. The maximum Gasteiger partial charge on any atom is 0.448 e. The number of sulfonamides is 1. The third-order valence-electron chi connectivity index (χ3n) is 2.32. The molecule has 0 aliphatic rings. The van der Waals surface area contributed by atoms with E-state index in [2.05, 4.69) is 10.0 Å². The Labute approximate surface area is 132 Å². The van der Waals surface area contributed by atoms with Crippen molar-refractivity contribution in [2.45, 2.75) is 32.8 Å². The van der Waals surface area contributed by atoms with E-state index in [4.69, 9.17) is 10.0 Å². The smallest absolute Gasteiger partial charge is 0.427 e. The molecule has 0 fully saturated rings. The fourth-order valence-electron chi connectivity index (χ4n) is 1.45. The lowest BCUT2D eigenvalue weighted by atomic mass is 9.99. The second-order valence-electron chi connectivity index (χ2n) is 5.21. The van der Waals surface area contributed by atoms with Crippen molar-refractivity contribution in [3.8, 4) is 0 Å². The molecule has 5 N–H and O–H groups in total. The van der Waals surface area contributed by atoms with Crippen molar-refractivity contribution in [2.75, 3.05) is 17.5 Å². The Bertz CT molecular complexity index is 517. The molecule has 1 aromatic carbocycles. The van der Waals surface area contributed by atoms with Crippen molar-refractivity contribution in [3.63, 3.8) is 0 Å². The molecule has 126 valence electrons. The lowest BCUT2D eigenvalue weighted by Crippen LogP contribution is -2.27. The predicted molar refractivity (Wildman–Crippen MR) is 89.1 cm³/mol. The maximum absolute atomic E-state index is 11.0. The quantitative estimate of drug-likeness (QED) is 0.474. The van der Waals surface area contributed by atoms with E-state index >= 15 is 0 Å². The van der Waals surface area contributed by atoms with Crippen molar-refractivity contribution < 1.29 is 23.6 Å². The van der Waals surface area contributed by atoms with Crippen LogP contribution in [-0.4, -0.2) is 49.5 Å². The Morgan fingerprint density at radius 3 is 2.00 bits per heavy atom. The molecule has 7 nitrogen and oxygen atoms in total. The van der Waals surface area contributed by atoms with Gasteiger partial charge in [0.2, 0.25) is 10.0 Å². The summed E-state index contributed by atoms with van der Waals surface area (Å²) in [6, 6.07) is 7.00. The fraction of sp³-hybridized carbons (Fsp3) is 0.538. The van der Waals surface area contributed by atoms with E-state index in [9.17, 15) is 13.5 Å². The monoisotopic (exact) mass is 332 g/mol. The summed E-state index contributed by atoms with van der Waals surface area (Å²) in [6.07, 6.45) is 0.502. The second-order valence-corrected chi connectivity index (χ2v) is 6.96. The van der Waals surface area contributed by atoms with Crippen LogP contribution in [0.3, 0.4) is 0 Å². The number of hydrogen-bond acceptors (Lipinski definition) is 6. The Morgan fingerprint density at radius 1 is 1.18 bits per heavy atom. The molecule has 22 heavy (non-hydrogen) atoms. The number of benzene rings is 1. The highest BCUT2D eigenvalue weighted by Gasteiger charge is 2.08. The summed E-state index contributed by atoms with van der Waals surface area (Å²) >= 11 is 0. The van der Waals surface area contributed by atoms with Crippen LogP contribution in [0.15, 0.2) is 24.3 Å². The molecular formula is C13H25BN2O5S. The van der Waals surface area contributed by atoms with Gasteiger partial charge in [-0.15, -0.1) is 0 Å². The molecule has 0 saturated heterocycles. The minimum absolute atomic E-state index is 0.311. The first kappa shape index (κ1) is 20.9. The number of nitrogens with one attached hydrogen (secondary N) is 2. The predicted octanol–water partition coefficient (Wildman–Crippen LogP) is 0.178. The number of aliphatic hydroxyl groups is 1. The van der Waals surface area contributed by atoms with Gasteiger partial charge in [-0.05, 0) is 24.5 Å². The minimum atomic E-state index is -3.26. The van der Waals surface area contributed by atoms with E-state index in [1.807, 2.05) is 13.8 Å². The van der Waals surface area contributed by atoms with E-state index < -0.39 is 23.2 Å². The zero-order chi connectivity index (χ0) is 17.3. The molecule has 0 bridgehead atoms. The largest absolute Gasteiger partial charge is 0.448 e. The van der Waals surface area contributed by atoms with E-state index in [0.717, 1.165) is 11.8 Å². The topological polar surface area (TPSA) is 119 Å². The summed E-state index contributed by atoms with van der Waals surface area (Å²) in [7, 11) is -4.42. The molecule has 0 saturated carbocycles. The fourth-order valence-corrected chi connectivity index (χ4v) is 2.02. The van der Waals surface area contributed by atoms with Gasteiger partial charge in [-0.3, -0.25) is 4.72 Å². The zero-order valence-electron chi connectivity index (χ0n) is 13.3. The first-order valence-electron chi connectivity index (χ1n) is 6.86. The molecule has 0 aliphatic carbocycles. The standard InChI is InChI=1S/C12H20N2O3S.CH5BO2/c1-9(2)13-8-12(15)10-4-6-11(7-5-10)14-18(3,16)17;1-2(3)4/h4-7,9,12-15H,8H2,1-3H3;3-4H,1H3. The van der Waals surface area contributed by atoms with Gasteiger partial charge in [0.15, 0.2) is 0 Å². The van der Waals surface area contributed by atoms with Crippen LogP contribution < -0.4 is 10.0 Å². The van der Waals surface area contributed by atoms with Crippen LogP contribution in [0.1, 0.15) is 25.5 Å². The molecule has 1 atom stereocenters. The highest BCUT2D eigenvalue weighted by molar-refractivity contribution is 7.92. The molecule has 0 spiro atoms. The lowest BCUT2D eigenvalue weighted by molar-refractivity contribution is 0.171. The maximum atomic E-state index is 11.0. The third-order valence-corrected chi connectivity index (χ3v) is 2.92. The average molecular weight is 332 g/mol. The molecule has 1 unspecified atom stereocenters. The van der Waals surface area contributed by atoms with E-state index in [1.54, 1.807) is 24.3 Å². The van der Waals surface area contributed by atoms with Gasteiger partial charge in [0, 0.05) is 18.3 Å². The summed E-state index contributed by atoms with van der Waals surface area (Å²) in [4.78, 5) is 0. The van der Waals surface area contributed by atoms with Crippen molar-refractivity contribution in [1.29, 1.82) is 0 Å². The van der Waals surface area contributed by atoms with Crippen LogP contribution in [0.25, 0.3) is 0 Å². The molecule has 0 heterocycles. The van der Waals surface area contributed by atoms with E-state index in [1.165, 1.54) is 6.82 Å². The van der Waals surface area contributed by atoms with Crippen LogP contribution in [0.5, 0.6) is 0 Å². The van der Waals surface area contributed by atoms with Crippen molar-refractivity contribution in [1.82, 2.24) is 5.32 Å². The summed E-state index contributed by atoms with van der Waals surface area (Å²) in [5, 5.41) is 28.2. The van der Waals surface area contributed by atoms with Crippen molar-refractivity contribution in [3.05, 3.63) is 29.8 Å². The molecule has 9 heteroatoms. The summed E-state index contributed by atoms with van der Waals surface area (Å²) < 4.78 is 24.4. The minimum Gasteiger partial charge on any atom is -0.427 e. The Hall–Kier alpha value is -1.13. The van der Waals surface area contributed by atoms with Crippen molar-refractivity contribution >= 4 is 22.8 Å². The zero-order valence-corrected chi connectivity index (χ0v) is 14.1. The lowest BCUT2D eigenvalue weighted by Gasteiger charge is -2.14. The molecule has 0 aliphatic heterocycles. The van der Waals surface area contributed by atoms with Gasteiger partial charge in [0.1, 0.15) is 0 Å². The summed E-state index contributed by atoms with van der Waals surface area (Å²) in [5.41, 5.74) is 1.24. The molecule has 1 rings (SSSR count). The Kier molecular flexibility index (Phi) is 9.30. The average Bonchev–Trinajstić information content (AvgIpc) is 2.34. The molecule has 0 aromatic heterocycles. The second kappa shape index (κ2) is 9.80. The van der Waals surface area contributed by atoms with Crippen LogP contribution in [0.2, 0.25) is 6.82 Å². The van der Waals surface area contributed by atoms with Gasteiger partial charge in [-0.25, -0.2) is 8.42 Å². The van der Waals surface area contributed by atoms with Gasteiger partial charge in [0.25, 0.3) is 0 Å². The van der Waals surface area contributed by atoms with Gasteiger partial charge in [0.05, 0.1) is 12.4 Å². The Morgan fingerprint density at radius 2 is 1.64 bits per heavy atom. The van der Waals surface area contributed by atoms with Crippen LogP contribution >= 0.6 is 0 Å². The summed E-state index contributed by atoms with van der Waals surface area (Å²) in [6.45, 7) is 5.76. The highest BCUT2D eigenvalue weighted by atomic mass is 32.2. The number of aliphatic hydroxyl groups excluding tert-OH is 1. The van der Waals surface area contributed by atoms with Crippen LogP contribution in [0, 0.1) is 0 Å². The highest BCUT2D eigenvalue weighted by Crippen LogP contribution is 2.16.